The zero-order valence-corrected chi connectivity index (χ0v) is 22.8. The number of amides is 2. The minimum absolute atomic E-state index is 0.204. The van der Waals surface area contributed by atoms with Crippen molar-refractivity contribution < 1.29 is 32.3 Å². The van der Waals surface area contributed by atoms with Gasteiger partial charge < -0.3 is 15.4 Å². The lowest BCUT2D eigenvalue weighted by Crippen LogP contribution is -2.40. The van der Waals surface area contributed by atoms with Crippen molar-refractivity contribution in [2.75, 3.05) is 0 Å². The van der Waals surface area contributed by atoms with Crippen LogP contribution in [-0.2, 0) is 14.3 Å². The van der Waals surface area contributed by atoms with Gasteiger partial charge in [-0.05, 0) is 85.5 Å². The van der Waals surface area contributed by atoms with Crippen LogP contribution in [0.15, 0.2) is 64.6 Å². The third kappa shape index (κ3) is 7.06. The number of fused-ring (bicyclic) bond motifs is 1. The summed E-state index contributed by atoms with van der Waals surface area (Å²) in [5.41, 5.74) is 2.23. The molecule has 212 valence electrons. The van der Waals surface area contributed by atoms with Gasteiger partial charge in [0.25, 0.3) is 11.8 Å². The first kappa shape index (κ1) is 28.6. The number of amidine groups is 1. The molecule has 2 N–H and O–H groups in total. The van der Waals surface area contributed by atoms with Gasteiger partial charge in [-0.15, -0.1) is 0 Å². The lowest BCUT2D eigenvalue weighted by atomic mass is 9.92. The van der Waals surface area contributed by atoms with Crippen LogP contribution in [0.2, 0.25) is 5.02 Å². The number of alkyl halides is 3. The molecule has 5 rings (SSSR count). The van der Waals surface area contributed by atoms with Gasteiger partial charge in [-0.3, -0.25) is 14.6 Å². The molecule has 0 bridgehead atoms. The van der Waals surface area contributed by atoms with Crippen molar-refractivity contribution in [3.8, 4) is 0 Å². The van der Waals surface area contributed by atoms with Gasteiger partial charge >= 0.3 is 12.1 Å². The molecule has 1 aliphatic heterocycles. The fraction of sp³-hybridized carbons (Fsp3) is 0.250. The highest BCUT2D eigenvalue weighted by molar-refractivity contribution is 8.18. The number of hydrogen-bond acceptors (Lipinski definition) is 7. The maximum absolute atomic E-state index is 12.9. The van der Waals surface area contributed by atoms with Gasteiger partial charge in [-0.1, -0.05) is 23.7 Å². The van der Waals surface area contributed by atoms with E-state index in [4.69, 9.17) is 11.6 Å². The van der Waals surface area contributed by atoms with E-state index >= 15 is 0 Å². The van der Waals surface area contributed by atoms with E-state index in [1.807, 2.05) is 30.3 Å². The normalized spacial score (nSPS) is 21.2. The highest BCUT2D eigenvalue weighted by Crippen LogP contribution is 2.32. The molecule has 1 saturated heterocycles. The van der Waals surface area contributed by atoms with E-state index in [0.29, 0.717) is 22.9 Å². The van der Waals surface area contributed by atoms with Crippen LogP contribution in [0.4, 0.5) is 18.9 Å². The molecule has 3 aromatic rings. The van der Waals surface area contributed by atoms with E-state index in [1.54, 1.807) is 12.3 Å². The second-order valence-corrected chi connectivity index (χ2v) is 10.9. The fourth-order valence-electron chi connectivity index (χ4n) is 4.48. The molecule has 2 fully saturated rings. The van der Waals surface area contributed by atoms with Crippen molar-refractivity contribution in [2.24, 2.45) is 4.99 Å². The van der Waals surface area contributed by atoms with E-state index in [0.717, 1.165) is 28.2 Å². The Kier molecular flexibility index (Phi) is 8.32. The molecular weight excluding hydrogens is 581 g/mol. The predicted octanol–water partition coefficient (Wildman–Crippen LogP) is 5.93. The molecule has 2 aliphatic rings. The monoisotopic (exact) mass is 602 g/mol. The summed E-state index contributed by atoms with van der Waals surface area (Å²) < 4.78 is 41.8. The van der Waals surface area contributed by atoms with Crippen molar-refractivity contribution in [3.63, 3.8) is 0 Å². The number of carbonyl (C=O) groups is 3. The number of benzene rings is 2. The SMILES string of the molecule is O=C1NC(=Nc2cc(C(=O)NC3CCC(OC(=O)C(F)(F)F)CC3)ccc2Cl)SC1=Cc1ccc2ncccc2c1. The summed E-state index contributed by atoms with van der Waals surface area (Å²) in [5, 5.41) is 7.08. The number of halogens is 4. The minimum Gasteiger partial charge on any atom is -0.456 e. The van der Waals surface area contributed by atoms with E-state index in [9.17, 15) is 27.6 Å². The van der Waals surface area contributed by atoms with Gasteiger partial charge in [0.1, 0.15) is 6.10 Å². The molecule has 8 nitrogen and oxygen atoms in total. The standard InChI is InChI=1S/C28H22ClF3N4O4S/c29-20-9-4-17(24(37)34-18-5-7-19(8-6-18)40-26(39)28(30,31)32)14-22(20)35-27-36-25(38)23(41-27)13-15-3-10-21-16(12-15)2-1-11-33-21/h1-4,9-14,18-19H,5-8H2,(H,34,37)(H,35,36,38). The van der Waals surface area contributed by atoms with Crippen LogP contribution in [0.1, 0.15) is 41.6 Å². The van der Waals surface area contributed by atoms with Crippen LogP contribution >= 0.6 is 23.4 Å². The smallest absolute Gasteiger partial charge is 0.456 e. The van der Waals surface area contributed by atoms with Crippen LogP contribution in [-0.4, -0.2) is 46.3 Å². The number of rotatable bonds is 5. The lowest BCUT2D eigenvalue weighted by Gasteiger charge is -2.29. The highest BCUT2D eigenvalue weighted by atomic mass is 35.5. The van der Waals surface area contributed by atoms with Crippen LogP contribution in [0.5, 0.6) is 0 Å². The van der Waals surface area contributed by atoms with E-state index in [-0.39, 0.29) is 41.1 Å². The lowest BCUT2D eigenvalue weighted by molar-refractivity contribution is -0.206. The van der Waals surface area contributed by atoms with E-state index < -0.39 is 24.2 Å². The van der Waals surface area contributed by atoms with Crippen LogP contribution in [0.25, 0.3) is 17.0 Å². The van der Waals surface area contributed by atoms with Gasteiger partial charge in [0.15, 0.2) is 5.17 Å². The van der Waals surface area contributed by atoms with E-state index in [2.05, 4.69) is 25.3 Å². The quantitative estimate of drug-likeness (QED) is 0.277. The van der Waals surface area contributed by atoms with Crippen molar-refractivity contribution in [1.29, 1.82) is 0 Å². The number of nitrogens with one attached hydrogen (secondary N) is 2. The maximum atomic E-state index is 12.9. The third-order valence-corrected chi connectivity index (χ3v) is 7.75. The Hall–Kier alpha value is -3.90. The summed E-state index contributed by atoms with van der Waals surface area (Å²) in [7, 11) is 0. The first-order chi connectivity index (χ1) is 19.5. The predicted molar refractivity (Wildman–Crippen MR) is 150 cm³/mol. The van der Waals surface area contributed by atoms with Crippen LogP contribution in [0.3, 0.4) is 0 Å². The summed E-state index contributed by atoms with van der Waals surface area (Å²) in [4.78, 5) is 45.7. The van der Waals surface area contributed by atoms with E-state index in [1.165, 1.54) is 18.2 Å². The van der Waals surface area contributed by atoms with Crippen molar-refractivity contribution in [3.05, 3.63) is 75.8 Å². The molecule has 13 heteroatoms. The fourth-order valence-corrected chi connectivity index (χ4v) is 5.47. The maximum Gasteiger partial charge on any atom is 0.490 e. The largest absolute Gasteiger partial charge is 0.490 e. The van der Waals surface area contributed by atoms with Crippen molar-refractivity contribution in [1.82, 2.24) is 15.6 Å². The third-order valence-electron chi connectivity index (χ3n) is 6.52. The first-order valence-corrected chi connectivity index (χ1v) is 13.8. The van der Waals surface area contributed by atoms with Gasteiger partial charge in [0, 0.05) is 23.2 Å². The first-order valence-electron chi connectivity index (χ1n) is 12.6. The molecule has 1 saturated carbocycles. The topological polar surface area (TPSA) is 110 Å². The molecule has 1 aromatic heterocycles. The van der Waals surface area contributed by atoms with Crippen molar-refractivity contribution >= 4 is 69.0 Å². The molecule has 1 aliphatic carbocycles. The number of ether oxygens (including phenoxy) is 1. The summed E-state index contributed by atoms with van der Waals surface area (Å²) in [5.74, 6) is -2.93. The number of carbonyl (C=O) groups excluding carboxylic acids is 3. The van der Waals surface area contributed by atoms with Gasteiger partial charge in [-0.25, -0.2) is 9.79 Å². The summed E-state index contributed by atoms with van der Waals surface area (Å²) in [6.07, 6.45) is -1.29. The molecule has 0 unspecified atom stereocenters. The second kappa shape index (κ2) is 11.9. The molecule has 2 amide bonds. The Morgan fingerprint density at radius 1 is 1.12 bits per heavy atom. The summed E-state index contributed by atoms with van der Waals surface area (Å²) in [6.45, 7) is 0. The zero-order chi connectivity index (χ0) is 29.1. The molecule has 0 spiro atoms. The Morgan fingerprint density at radius 3 is 2.66 bits per heavy atom. The number of hydrogen-bond donors (Lipinski definition) is 2. The number of esters is 1. The summed E-state index contributed by atoms with van der Waals surface area (Å²) >= 11 is 7.46. The van der Waals surface area contributed by atoms with Crippen LogP contribution < -0.4 is 10.6 Å². The number of aliphatic imine (C=N–C) groups is 1. The average molecular weight is 603 g/mol. The number of nitrogens with zero attached hydrogens (tertiary/aromatic N) is 2. The van der Waals surface area contributed by atoms with Gasteiger partial charge in [0.2, 0.25) is 0 Å². The summed E-state index contributed by atoms with van der Waals surface area (Å²) in [6, 6.07) is 13.7. The molecule has 2 aromatic carbocycles. The second-order valence-electron chi connectivity index (χ2n) is 9.45. The Labute approximate surface area is 241 Å². The van der Waals surface area contributed by atoms with Crippen molar-refractivity contribution in [2.45, 2.75) is 44.0 Å². The number of aromatic nitrogens is 1. The highest BCUT2D eigenvalue weighted by Gasteiger charge is 2.42. The zero-order valence-electron chi connectivity index (χ0n) is 21.2. The Morgan fingerprint density at radius 2 is 1.90 bits per heavy atom. The molecule has 41 heavy (non-hydrogen) atoms. The Balaban J connectivity index is 1.22. The van der Waals surface area contributed by atoms with Gasteiger partial charge in [0.05, 0.1) is 21.1 Å². The van der Waals surface area contributed by atoms with Gasteiger partial charge in [-0.2, -0.15) is 13.2 Å². The number of thioether (sulfide) groups is 1. The number of pyridine rings is 1. The molecule has 0 radical (unpaired) electrons. The Bertz CT molecular complexity index is 1590. The molecule has 0 atom stereocenters. The molecular formula is C28H22ClF3N4O4S. The average Bonchev–Trinajstić information content (AvgIpc) is 3.28. The minimum atomic E-state index is -5.03. The molecule has 2 heterocycles. The van der Waals surface area contributed by atoms with Crippen LogP contribution in [0, 0.1) is 0 Å².